The first-order chi connectivity index (χ1) is 3.71. The van der Waals surface area contributed by atoms with Gasteiger partial charge in [0.1, 0.15) is 25.3 Å². The van der Waals surface area contributed by atoms with Crippen molar-refractivity contribution in [2.75, 3.05) is 5.08 Å². The van der Waals surface area contributed by atoms with E-state index in [-0.39, 0.29) is 17.1 Å². The maximum Gasteiger partial charge on any atom is 2.00 e. The monoisotopic (exact) mass is 237 g/mol. The van der Waals surface area contributed by atoms with E-state index in [1.807, 2.05) is 0 Å². The zero-order valence-corrected chi connectivity index (χ0v) is 6.85. The summed E-state index contributed by atoms with van der Waals surface area (Å²) in [5.74, 6) is 0. The molecule has 0 aromatic carbocycles. The summed E-state index contributed by atoms with van der Waals surface area (Å²) >= 11 is 0. The fourth-order valence-electron chi connectivity index (χ4n) is 0.177. The van der Waals surface area contributed by atoms with E-state index in [4.69, 9.17) is 0 Å². The van der Waals surface area contributed by atoms with Gasteiger partial charge in [-0.1, -0.05) is 0 Å². The molecule has 0 aromatic rings. The molecule has 0 aliphatic carbocycles. The molecule has 6 nitrogen and oxygen atoms in total. The standard InChI is InChI=1S/CH4O6S2.Cu/c2-8(3,4)1-9(5,6)7;/h1H2,(H,2,3,4)(H,5,6,7);/q;+2/p-2. The van der Waals surface area contributed by atoms with Crippen molar-refractivity contribution < 1.29 is 43.0 Å². The number of hydrogen-bond donors (Lipinski definition) is 0. The van der Waals surface area contributed by atoms with Gasteiger partial charge in [-0.05, 0) is 0 Å². The third-order valence-electron chi connectivity index (χ3n) is 0.289. The first kappa shape index (κ1) is 13.0. The molecule has 9 heteroatoms. The van der Waals surface area contributed by atoms with Crippen LogP contribution in [0.4, 0.5) is 0 Å². The Morgan fingerprint density at radius 3 is 1.10 bits per heavy atom. The SMILES string of the molecule is O=S(=O)([O-])CS(=O)(=O)[O-].[Cu+2]. The van der Waals surface area contributed by atoms with Gasteiger partial charge in [-0.3, -0.25) is 0 Å². The Kier molecular flexibility index (Phi) is 4.73. The van der Waals surface area contributed by atoms with Crippen LogP contribution in [0.15, 0.2) is 0 Å². The van der Waals surface area contributed by atoms with Gasteiger partial charge in [0, 0.05) is 0 Å². The third-order valence-corrected chi connectivity index (χ3v) is 2.60. The summed E-state index contributed by atoms with van der Waals surface area (Å²) in [5, 5.41) is -1.88. The van der Waals surface area contributed by atoms with E-state index in [0.717, 1.165) is 0 Å². The van der Waals surface area contributed by atoms with Gasteiger partial charge < -0.3 is 9.11 Å². The van der Waals surface area contributed by atoms with Crippen LogP contribution in [-0.2, 0) is 37.3 Å². The Balaban J connectivity index is 0. The van der Waals surface area contributed by atoms with Gasteiger partial charge >= 0.3 is 17.1 Å². The zero-order chi connectivity index (χ0) is 7.71. The van der Waals surface area contributed by atoms with Gasteiger partial charge in [0.15, 0.2) is 0 Å². The summed E-state index contributed by atoms with van der Waals surface area (Å²) in [7, 11) is -9.86. The van der Waals surface area contributed by atoms with E-state index >= 15 is 0 Å². The van der Waals surface area contributed by atoms with Gasteiger partial charge in [-0.2, -0.15) is 0 Å². The van der Waals surface area contributed by atoms with Gasteiger partial charge in [0.25, 0.3) is 0 Å². The molecule has 0 bridgehead atoms. The molecule has 0 fully saturated rings. The quantitative estimate of drug-likeness (QED) is 0.407. The molecular weight excluding hydrogens is 236 g/mol. The predicted octanol–water partition coefficient (Wildman–Crippen LogP) is -1.97. The van der Waals surface area contributed by atoms with Gasteiger partial charge in [-0.15, -0.1) is 0 Å². The first-order valence-corrected chi connectivity index (χ1v) is 4.73. The normalized spacial score (nSPS) is 12.2. The Morgan fingerprint density at radius 1 is 0.900 bits per heavy atom. The summed E-state index contributed by atoms with van der Waals surface area (Å²) in [6.07, 6.45) is 0. The fourth-order valence-corrected chi connectivity index (χ4v) is 1.59. The molecule has 0 saturated carbocycles. The van der Waals surface area contributed by atoms with Crippen molar-refractivity contribution in [3.8, 4) is 0 Å². The molecular formula is CH2CuO6S2. The molecule has 10 heavy (non-hydrogen) atoms. The van der Waals surface area contributed by atoms with Crippen LogP contribution in [-0.4, -0.2) is 31.0 Å². The first-order valence-electron chi connectivity index (χ1n) is 1.58. The molecule has 0 amide bonds. The third kappa shape index (κ3) is 11.2. The smallest absolute Gasteiger partial charge is 0.747 e. The van der Waals surface area contributed by atoms with Crippen LogP contribution in [0, 0.1) is 0 Å². The molecule has 1 radical (unpaired) electrons. The molecule has 0 aliphatic heterocycles. The van der Waals surface area contributed by atoms with Crippen LogP contribution in [0.1, 0.15) is 0 Å². The Morgan fingerprint density at radius 2 is 1.10 bits per heavy atom. The summed E-state index contributed by atoms with van der Waals surface area (Å²) in [6.45, 7) is 0. The molecule has 0 unspecified atom stereocenters. The van der Waals surface area contributed by atoms with Crippen LogP contribution < -0.4 is 0 Å². The Labute approximate surface area is 68.6 Å². The maximum absolute atomic E-state index is 9.51. The molecule has 0 N–H and O–H groups in total. The van der Waals surface area contributed by atoms with Crippen LogP contribution in [0.2, 0.25) is 0 Å². The van der Waals surface area contributed by atoms with Crippen LogP contribution in [0.3, 0.4) is 0 Å². The predicted molar refractivity (Wildman–Crippen MR) is 24.3 cm³/mol. The van der Waals surface area contributed by atoms with Crippen molar-refractivity contribution in [3.63, 3.8) is 0 Å². The van der Waals surface area contributed by atoms with E-state index in [9.17, 15) is 25.9 Å². The van der Waals surface area contributed by atoms with E-state index in [1.165, 1.54) is 0 Å². The summed E-state index contributed by atoms with van der Waals surface area (Å²) in [6, 6.07) is 0. The summed E-state index contributed by atoms with van der Waals surface area (Å²) < 4.78 is 57.1. The molecule has 65 valence electrons. The minimum atomic E-state index is -4.93. The van der Waals surface area contributed by atoms with Crippen molar-refractivity contribution in [1.29, 1.82) is 0 Å². The second-order valence-corrected chi connectivity index (χ2v) is 4.41. The van der Waals surface area contributed by atoms with Gasteiger partial charge in [0.2, 0.25) is 0 Å². The van der Waals surface area contributed by atoms with E-state index in [0.29, 0.717) is 0 Å². The van der Waals surface area contributed by atoms with E-state index in [1.54, 1.807) is 0 Å². The minimum absolute atomic E-state index is 0. The van der Waals surface area contributed by atoms with E-state index in [2.05, 4.69) is 0 Å². The van der Waals surface area contributed by atoms with Gasteiger partial charge in [-0.25, -0.2) is 16.8 Å². The van der Waals surface area contributed by atoms with Crippen LogP contribution in [0.5, 0.6) is 0 Å². The molecule has 0 rings (SSSR count). The van der Waals surface area contributed by atoms with Crippen LogP contribution in [0.25, 0.3) is 0 Å². The fraction of sp³-hybridized carbons (Fsp3) is 1.00. The number of hydrogen-bond acceptors (Lipinski definition) is 6. The van der Waals surface area contributed by atoms with Crippen LogP contribution >= 0.6 is 0 Å². The average Bonchev–Trinajstić information content (AvgIpc) is 1.14. The number of rotatable bonds is 2. The summed E-state index contributed by atoms with van der Waals surface area (Å²) in [4.78, 5) is 0. The largest absolute Gasteiger partial charge is 2.00 e. The molecule has 0 aromatic heterocycles. The minimum Gasteiger partial charge on any atom is -0.747 e. The van der Waals surface area contributed by atoms with Crippen molar-refractivity contribution in [3.05, 3.63) is 0 Å². The van der Waals surface area contributed by atoms with Crippen molar-refractivity contribution >= 4 is 20.2 Å². The Hall–Kier alpha value is 0.339. The van der Waals surface area contributed by atoms with Crippen molar-refractivity contribution in [1.82, 2.24) is 0 Å². The maximum atomic E-state index is 9.51. The topological polar surface area (TPSA) is 114 Å². The second kappa shape index (κ2) is 3.65. The van der Waals surface area contributed by atoms with Crippen molar-refractivity contribution in [2.24, 2.45) is 0 Å². The zero-order valence-electron chi connectivity index (χ0n) is 4.27. The van der Waals surface area contributed by atoms with Crippen molar-refractivity contribution in [2.45, 2.75) is 0 Å². The molecule has 0 heterocycles. The van der Waals surface area contributed by atoms with Gasteiger partial charge in [0.05, 0.1) is 0 Å². The molecule has 0 aliphatic rings. The second-order valence-electron chi connectivity index (χ2n) is 1.23. The molecule has 0 atom stereocenters. The average molecular weight is 238 g/mol. The Bertz CT molecular complexity index is 241. The molecule has 0 spiro atoms. The molecule has 0 saturated heterocycles. The summed E-state index contributed by atoms with van der Waals surface area (Å²) in [5.41, 5.74) is 0. The van der Waals surface area contributed by atoms with E-state index < -0.39 is 25.3 Å².